The summed E-state index contributed by atoms with van der Waals surface area (Å²) in [5, 5.41) is 0.973. The van der Waals surface area contributed by atoms with Crippen LogP contribution in [0.15, 0.2) is 61.2 Å². The fourth-order valence-corrected chi connectivity index (χ4v) is 3.92. The summed E-state index contributed by atoms with van der Waals surface area (Å²) < 4.78 is 8.00. The minimum absolute atomic E-state index is 0.108. The number of carbonyl (C=O) groups excluding carboxylic acids is 1. The number of benzene rings is 2. The van der Waals surface area contributed by atoms with Crippen molar-refractivity contribution in [3.05, 3.63) is 78.0 Å². The first-order chi connectivity index (χ1) is 13.7. The lowest BCUT2D eigenvalue weighted by atomic mass is 10.1. The maximum atomic E-state index is 13.3. The molecule has 1 aliphatic rings. The Bertz CT molecular complexity index is 1010. The van der Waals surface area contributed by atoms with Crippen LogP contribution in [-0.2, 0) is 6.54 Å². The molecule has 2 aromatic carbocycles. The molecule has 1 aromatic heterocycles. The highest BCUT2D eigenvalue weighted by Crippen LogP contribution is 2.31. The van der Waals surface area contributed by atoms with E-state index in [0.717, 1.165) is 48.3 Å². The second-order valence-electron chi connectivity index (χ2n) is 7.33. The molecule has 0 bridgehead atoms. The first kappa shape index (κ1) is 18.4. The van der Waals surface area contributed by atoms with E-state index in [9.17, 15) is 4.79 Å². The summed E-state index contributed by atoms with van der Waals surface area (Å²) in [4.78, 5) is 15.3. The van der Waals surface area contributed by atoms with Crippen molar-refractivity contribution in [1.29, 1.82) is 0 Å². The second-order valence-corrected chi connectivity index (χ2v) is 7.33. The van der Waals surface area contributed by atoms with Gasteiger partial charge >= 0.3 is 0 Å². The van der Waals surface area contributed by atoms with E-state index < -0.39 is 0 Å². The Balaban J connectivity index is 1.83. The number of rotatable bonds is 6. The van der Waals surface area contributed by atoms with Crippen molar-refractivity contribution in [2.45, 2.75) is 26.3 Å². The fourth-order valence-electron chi connectivity index (χ4n) is 3.92. The van der Waals surface area contributed by atoms with E-state index >= 15 is 0 Å². The maximum absolute atomic E-state index is 13.3. The Morgan fingerprint density at radius 1 is 1.14 bits per heavy atom. The van der Waals surface area contributed by atoms with Crippen LogP contribution in [0.3, 0.4) is 0 Å². The van der Waals surface area contributed by atoms with Crippen molar-refractivity contribution in [3.63, 3.8) is 0 Å². The van der Waals surface area contributed by atoms with Gasteiger partial charge in [-0.2, -0.15) is 0 Å². The highest BCUT2D eigenvalue weighted by Gasteiger charge is 2.25. The number of aryl methyl sites for hydroxylation is 1. The van der Waals surface area contributed by atoms with Gasteiger partial charge in [0.15, 0.2) is 0 Å². The molecule has 0 saturated carbocycles. The van der Waals surface area contributed by atoms with Crippen LogP contribution in [0.2, 0.25) is 0 Å². The van der Waals surface area contributed by atoms with Crippen LogP contribution in [0, 0.1) is 6.92 Å². The van der Waals surface area contributed by atoms with Crippen molar-refractivity contribution in [2.75, 3.05) is 19.7 Å². The van der Waals surface area contributed by atoms with E-state index in [0.29, 0.717) is 13.2 Å². The van der Waals surface area contributed by atoms with Crippen LogP contribution in [-0.4, -0.2) is 35.1 Å². The molecule has 4 rings (SSSR count). The molecule has 0 N–H and O–H groups in total. The molecule has 144 valence electrons. The molecule has 3 aromatic rings. The van der Waals surface area contributed by atoms with Crippen LogP contribution < -0.4 is 4.74 Å². The number of fused-ring (bicyclic) bond motifs is 1. The lowest BCUT2D eigenvalue weighted by molar-refractivity contribution is 0.0783. The zero-order valence-electron chi connectivity index (χ0n) is 16.4. The molecule has 0 radical (unpaired) electrons. The molecular formula is C24H26N2O2. The molecule has 0 atom stereocenters. The van der Waals surface area contributed by atoms with E-state index in [-0.39, 0.29) is 5.91 Å². The average Bonchev–Trinajstić information content (AvgIpc) is 3.36. The van der Waals surface area contributed by atoms with E-state index in [1.807, 2.05) is 29.2 Å². The molecule has 1 amide bonds. The number of hydrogen-bond acceptors (Lipinski definition) is 2. The quantitative estimate of drug-likeness (QED) is 0.581. The number of likely N-dealkylation sites (tertiary alicyclic amines) is 1. The molecule has 0 aliphatic carbocycles. The highest BCUT2D eigenvalue weighted by atomic mass is 16.5. The van der Waals surface area contributed by atoms with Gasteiger partial charge in [-0.25, -0.2) is 0 Å². The number of aromatic nitrogens is 1. The van der Waals surface area contributed by atoms with Crippen molar-refractivity contribution >= 4 is 16.8 Å². The van der Waals surface area contributed by atoms with Gasteiger partial charge in [0.2, 0.25) is 0 Å². The Kier molecular flexibility index (Phi) is 5.20. The molecule has 4 heteroatoms. The van der Waals surface area contributed by atoms with Crippen molar-refractivity contribution in [2.24, 2.45) is 0 Å². The first-order valence-electron chi connectivity index (χ1n) is 9.89. The Labute approximate surface area is 166 Å². The van der Waals surface area contributed by atoms with Crippen molar-refractivity contribution < 1.29 is 9.53 Å². The SMILES string of the molecule is C=CCOc1cccc2c1cc(C(=O)N1CCCC1)n2Cc1ccccc1C. The largest absolute Gasteiger partial charge is 0.489 e. The molecule has 2 heterocycles. The van der Waals surface area contributed by atoms with Gasteiger partial charge in [-0.1, -0.05) is 43.0 Å². The topological polar surface area (TPSA) is 34.5 Å². The summed E-state index contributed by atoms with van der Waals surface area (Å²) in [6, 6.07) is 16.3. The molecule has 1 aliphatic heterocycles. The predicted octanol–water partition coefficient (Wildman–Crippen LogP) is 4.80. The number of carbonyl (C=O) groups is 1. The van der Waals surface area contributed by atoms with Gasteiger partial charge in [0.1, 0.15) is 18.1 Å². The summed E-state index contributed by atoms with van der Waals surface area (Å²) in [5.41, 5.74) is 4.19. The van der Waals surface area contributed by atoms with E-state index in [4.69, 9.17) is 4.74 Å². The normalized spacial score (nSPS) is 13.8. The van der Waals surface area contributed by atoms with Gasteiger partial charge in [-0.05, 0) is 49.1 Å². The number of nitrogens with zero attached hydrogens (tertiary/aromatic N) is 2. The Morgan fingerprint density at radius 2 is 1.93 bits per heavy atom. The van der Waals surface area contributed by atoms with Gasteiger partial charge in [0.05, 0.1) is 5.52 Å². The van der Waals surface area contributed by atoms with Crippen LogP contribution in [0.5, 0.6) is 5.75 Å². The second kappa shape index (κ2) is 7.93. The number of hydrogen-bond donors (Lipinski definition) is 0. The van der Waals surface area contributed by atoms with E-state index in [1.165, 1.54) is 11.1 Å². The summed E-state index contributed by atoms with van der Waals surface area (Å²) in [6.07, 6.45) is 3.90. The van der Waals surface area contributed by atoms with Gasteiger partial charge in [-0.15, -0.1) is 0 Å². The van der Waals surface area contributed by atoms with Crippen molar-refractivity contribution in [1.82, 2.24) is 9.47 Å². The number of amides is 1. The third kappa shape index (κ3) is 3.42. The third-order valence-electron chi connectivity index (χ3n) is 5.46. The summed E-state index contributed by atoms with van der Waals surface area (Å²) in [6.45, 7) is 8.63. The lowest BCUT2D eigenvalue weighted by Crippen LogP contribution is -2.29. The molecule has 1 saturated heterocycles. The molecule has 28 heavy (non-hydrogen) atoms. The minimum Gasteiger partial charge on any atom is -0.489 e. The standard InChI is InChI=1S/C24H26N2O2/c1-3-15-28-23-12-8-11-21-20(23)16-22(24(27)25-13-6-7-14-25)26(21)17-19-10-5-4-9-18(19)2/h3-5,8-12,16H,1,6-7,13-15,17H2,2H3. The van der Waals surface area contributed by atoms with Gasteiger partial charge in [-0.3, -0.25) is 4.79 Å². The van der Waals surface area contributed by atoms with Gasteiger partial charge in [0, 0.05) is 25.0 Å². The van der Waals surface area contributed by atoms with E-state index in [1.54, 1.807) is 6.08 Å². The maximum Gasteiger partial charge on any atom is 0.270 e. The smallest absolute Gasteiger partial charge is 0.270 e. The van der Waals surface area contributed by atoms with Crippen LogP contribution >= 0.6 is 0 Å². The van der Waals surface area contributed by atoms with Crippen molar-refractivity contribution in [3.8, 4) is 5.75 Å². The average molecular weight is 374 g/mol. The van der Waals surface area contributed by atoms with Crippen LogP contribution in [0.4, 0.5) is 0 Å². The molecular weight excluding hydrogens is 348 g/mol. The third-order valence-corrected chi connectivity index (χ3v) is 5.46. The molecule has 0 spiro atoms. The molecule has 0 unspecified atom stereocenters. The Morgan fingerprint density at radius 3 is 2.68 bits per heavy atom. The highest BCUT2D eigenvalue weighted by molar-refractivity contribution is 6.00. The monoisotopic (exact) mass is 374 g/mol. The lowest BCUT2D eigenvalue weighted by Gasteiger charge is -2.18. The fraction of sp³-hybridized carbons (Fsp3) is 0.292. The summed E-state index contributed by atoms with van der Waals surface area (Å²) in [5.74, 6) is 0.897. The molecule has 1 fully saturated rings. The summed E-state index contributed by atoms with van der Waals surface area (Å²) >= 11 is 0. The van der Waals surface area contributed by atoms with Gasteiger partial charge < -0.3 is 14.2 Å². The molecule has 4 nitrogen and oxygen atoms in total. The van der Waals surface area contributed by atoms with Crippen LogP contribution in [0.1, 0.15) is 34.5 Å². The van der Waals surface area contributed by atoms with Crippen LogP contribution in [0.25, 0.3) is 10.9 Å². The Hall–Kier alpha value is -3.01. The zero-order chi connectivity index (χ0) is 19.5. The van der Waals surface area contributed by atoms with Gasteiger partial charge in [0.25, 0.3) is 5.91 Å². The predicted molar refractivity (Wildman–Crippen MR) is 113 cm³/mol. The zero-order valence-corrected chi connectivity index (χ0v) is 16.4. The first-order valence-corrected chi connectivity index (χ1v) is 9.89. The summed E-state index contributed by atoms with van der Waals surface area (Å²) in [7, 11) is 0. The minimum atomic E-state index is 0.108. The number of ether oxygens (including phenoxy) is 1. The van der Waals surface area contributed by atoms with E-state index in [2.05, 4.69) is 42.3 Å².